The van der Waals surface area contributed by atoms with Crippen molar-refractivity contribution in [3.8, 4) is 0 Å². The maximum atomic E-state index is 13.7. The molecule has 0 spiro atoms. The third-order valence-electron chi connectivity index (χ3n) is 17.8. The molecule has 1 heterocycles. The van der Waals surface area contributed by atoms with Gasteiger partial charge in [0.15, 0.2) is 18.5 Å². The van der Waals surface area contributed by atoms with Gasteiger partial charge < -0.3 is 54.7 Å². The predicted molar refractivity (Wildman–Crippen MR) is 218 cm³/mol. The normalized spacial score (nSPS) is 47.9. The molecule has 0 aromatic carbocycles. The Bertz CT molecular complexity index is 1730. The zero-order valence-electron chi connectivity index (χ0n) is 37.2. The van der Waals surface area contributed by atoms with Gasteiger partial charge >= 0.3 is 17.9 Å². The van der Waals surface area contributed by atoms with Crippen LogP contribution in [0.25, 0.3) is 0 Å². The molecule has 6 rings (SSSR count). The zero-order valence-corrected chi connectivity index (χ0v) is 37.2. The summed E-state index contributed by atoms with van der Waals surface area (Å²) in [6, 6.07) is 0. The van der Waals surface area contributed by atoms with Crippen LogP contribution in [0.15, 0.2) is 23.3 Å². The molecule has 18 atom stereocenters. The summed E-state index contributed by atoms with van der Waals surface area (Å²) in [6.07, 6.45) is -4.20. The number of carboxylic acids is 1. The van der Waals surface area contributed by atoms with Crippen molar-refractivity contribution in [3.63, 3.8) is 0 Å². The number of fused-ring (bicyclic) bond motifs is 7. The first-order chi connectivity index (χ1) is 27.9. The molecule has 6 aliphatic rings. The molecule has 14 heteroatoms. The number of esters is 2. The fraction of sp³-hybridized carbons (Fsp3) is 0.848. The number of hydrogen-bond donors (Lipinski definition) is 7. The SMILES string of the molecule is C/C=C(\C)C(=O)O[C@H]1[C@H](OC(=O)[C@H](C)CC)C(C)(C)C[C@H]2C3=CC[C@@H]4[C@@]5(C)CC[C@H](O[C@H]6O[C@@H](C(=O)O)[C@H](O)[C@@H](O)[C@@H]6O)[C@@](C)(CO)[C@@H]5CC[C@@]4(C)[C@]3(C)C[C@H](O)[C@]21CO. The first kappa shape index (κ1) is 47.1. The highest BCUT2D eigenvalue weighted by Crippen LogP contribution is 2.76. The number of carbonyl (C=O) groups is 3. The van der Waals surface area contributed by atoms with Crippen molar-refractivity contribution in [1.82, 2.24) is 0 Å². The molecule has 0 amide bonds. The van der Waals surface area contributed by atoms with Gasteiger partial charge in [-0.25, -0.2) is 9.59 Å². The summed E-state index contributed by atoms with van der Waals surface area (Å²) in [5, 5.41) is 76.9. The topological polar surface area (TPSA) is 230 Å². The molecule has 1 aliphatic heterocycles. The van der Waals surface area contributed by atoms with Gasteiger partial charge in [0.2, 0.25) is 0 Å². The standard InChI is InChI=1S/C46H72O14/c1-11-23(3)38(55)59-35-36(60-39(56)24(4)12-2)46(22-48)26(19-41(35,5)6)25-13-14-28-42(7)17-16-30(57-40-33(52)31(50)32(51)34(58-40)37(53)54)43(8,21-47)27(42)15-18-44(28,9)45(25,10)20-29(46)49/h12-13,23,26-36,40,47-52H,11,14-22H2,1-10H3,(H,53,54)/b24-12+/t23-,26+,27-,28-,29+,30+,31-,32-,33+,34-,35+,36+,40+,42+,43+,44-,45-,46+/m1/s1. The molecule has 4 saturated carbocycles. The van der Waals surface area contributed by atoms with Crippen molar-refractivity contribution in [2.24, 2.45) is 56.2 Å². The van der Waals surface area contributed by atoms with Gasteiger partial charge in [0.25, 0.3) is 0 Å². The van der Waals surface area contributed by atoms with Crippen molar-refractivity contribution in [3.05, 3.63) is 23.3 Å². The van der Waals surface area contributed by atoms with Crippen molar-refractivity contribution < 1.29 is 69.1 Å². The van der Waals surface area contributed by atoms with Crippen molar-refractivity contribution in [1.29, 1.82) is 0 Å². The molecule has 5 aliphatic carbocycles. The fourth-order valence-corrected chi connectivity index (χ4v) is 13.5. The van der Waals surface area contributed by atoms with Gasteiger partial charge in [0.05, 0.1) is 36.8 Å². The highest BCUT2D eigenvalue weighted by molar-refractivity contribution is 5.88. The summed E-state index contributed by atoms with van der Waals surface area (Å²) < 4.78 is 24.5. The quantitative estimate of drug-likeness (QED) is 0.0712. The maximum absolute atomic E-state index is 13.7. The van der Waals surface area contributed by atoms with Crippen LogP contribution in [0, 0.1) is 56.2 Å². The Labute approximate surface area is 354 Å². The van der Waals surface area contributed by atoms with Gasteiger partial charge in [-0.1, -0.05) is 73.1 Å². The summed E-state index contributed by atoms with van der Waals surface area (Å²) in [7, 11) is 0. The summed E-state index contributed by atoms with van der Waals surface area (Å²) in [5.41, 5.74) is -2.76. The number of allylic oxidation sites excluding steroid dienone is 3. The highest BCUT2D eigenvalue weighted by atomic mass is 16.7. The van der Waals surface area contributed by atoms with Gasteiger partial charge in [-0.3, -0.25) is 4.79 Å². The van der Waals surface area contributed by atoms with Crippen molar-refractivity contribution >= 4 is 17.9 Å². The third kappa shape index (κ3) is 6.84. The van der Waals surface area contributed by atoms with E-state index in [-0.39, 0.29) is 35.7 Å². The van der Waals surface area contributed by atoms with Crippen molar-refractivity contribution in [2.45, 2.75) is 176 Å². The number of carbonyl (C=O) groups excluding carboxylic acids is 2. The van der Waals surface area contributed by atoms with Crippen LogP contribution in [0.5, 0.6) is 0 Å². The monoisotopic (exact) mass is 848 g/mol. The summed E-state index contributed by atoms with van der Waals surface area (Å²) >= 11 is 0. The second-order valence-electron chi connectivity index (χ2n) is 21.1. The van der Waals surface area contributed by atoms with Crippen molar-refractivity contribution in [2.75, 3.05) is 13.2 Å². The number of hydrogen-bond acceptors (Lipinski definition) is 13. The van der Waals surface area contributed by atoms with Gasteiger partial charge in [-0.15, -0.1) is 0 Å². The van der Waals surface area contributed by atoms with E-state index < -0.39 is 113 Å². The molecule has 0 unspecified atom stereocenters. The van der Waals surface area contributed by atoms with E-state index in [1.165, 1.54) is 0 Å². The number of ether oxygens (including phenoxy) is 4. The number of aliphatic hydroxyl groups is 6. The Hall–Kier alpha value is -2.43. The molecular formula is C46H72O14. The van der Waals surface area contributed by atoms with E-state index in [0.717, 1.165) is 12.0 Å². The Morgan fingerprint density at radius 1 is 0.900 bits per heavy atom. The molecule has 1 saturated heterocycles. The first-order valence-electron chi connectivity index (χ1n) is 22.1. The van der Waals surface area contributed by atoms with E-state index >= 15 is 0 Å². The first-order valence-corrected chi connectivity index (χ1v) is 22.1. The third-order valence-corrected chi connectivity index (χ3v) is 17.8. The van der Waals surface area contributed by atoms with Crippen LogP contribution in [0.2, 0.25) is 0 Å². The maximum Gasteiger partial charge on any atom is 0.335 e. The molecule has 0 aromatic heterocycles. The summed E-state index contributed by atoms with van der Waals surface area (Å²) in [4.78, 5) is 39.0. The number of carboxylic acid groups (broad SMARTS) is 1. The minimum absolute atomic E-state index is 0.0785. The van der Waals surface area contributed by atoms with Gasteiger partial charge in [-0.05, 0) is 99.2 Å². The summed E-state index contributed by atoms with van der Waals surface area (Å²) in [5.74, 6) is -3.35. The lowest BCUT2D eigenvalue weighted by atomic mass is 9.33. The van der Waals surface area contributed by atoms with E-state index in [2.05, 4.69) is 26.8 Å². The number of rotatable bonds is 10. The average Bonchev–Trinajstić information content (AvgIpc) is 3.19. The van der Waals surface area contributed by atoms with Crippen LogP contribution in [0.4, 0.5) is 0 Å². The average molecular weight is 849 g/mol. The molecule has 0 radical (unpaired) electrons. The van der Waals surface area contributed by atoms with Crippen LogP contribution in [-0.4, -0.2) is 122 Å². The minimum Gasteiger partial charge on any atom is -0.479 e. The molecule has 5 fully saturated rings. The smallest absolute Gasteiger partial charge is 0.335 e. The number of aliphatic hydroxyl groups excluding tert-OH is 6. The van der Waals surface area contributed by atoms with E-state index in [1.807, 2.05) is 27.7 Å². The van der Waals surface area contributed by atoms with Crippen LogP contribution < -0.4 is 0 Å². The Morgan fingerprint density at radius 3 is 2.15 bits per heavy atom. The van der Waals surface area contributed by atoms with Crippen LogP contribution in [0.3, 0.4) is 0 Å². The lowest BCUT2D eigenvalue weighted by Gasteiger charge is -2.72. The highest BCUT2D eigenvalue weighted by Gasteiger charge is 2.74. The second kappa shape index (κ2) is 16.3. The second-order valence-corrected chi connectivity index (χ2v) is 21.1. The van der Waals surface area contributed by atoms with E-state index in [4.69, 9.17) is 18.9 Å². The van der Waals surface area contributed by atoms with E-state index in [9.17, 15) is 50.1 Å². The largest absolute Gasteiger partial charge is 0.479 e. The molecule has 60 heavy (non-hydrogen) atoms. The lowest BCUT2D eigenvalue weighted by Crippen LogP contribution is -2.72. The Balaban J connectivity index is 1.37. The van der Waals surface area contributed by atoms with E-state index in [0.29, 0.717) is 44.1 Å². The van der Waals surface area contributed by atoms with Crippen LogP contribution in [0.1, 0.15) is 121 Å². The Kier molecular flexibility index (Phi) is 12.8. The Morgan fingerprint density at radius 2 is 1.57 bits per heavy atom. The number of aliphatic carboxylic acids is 1. The molecular weight excluding hydrogens is 776 g/mol. The van der Waals surface area contributed by atoms with Gasteiger partial charge in [-0.2, -0.15) is 0 Å². The molecule has 0 bridgehead atoms. The molecule has 0 aromatic rings. The molecule has 340 valence electrons. The van der Waals surface area contributed by atoms with Gasteiger partial charge in [0.1, 0.15) is 24.4 Å². The predicted octanol–water partition coefficient (Wildman–Crippen LogP) is 4.06. The van der Waals surface area contributed by atoms with E-state index in [1.54, 1.807) is 26.8 Å². The van der Waals surface area contributed by atoms with Crippen LogP contribution >= 0.6 is 0 Å². The lowest BCUT2D eigenvalue weighted by molar-refractivity contribution is -0.328. The van der Waals surface area contributed by atoms with Crippen LogP contribution in [-0.2, 0) is 33.3 Å². The van der Waals surface area contributed by atoms with Gasteiger partial charge in [0, 0.05) is 16.4 Å². The fourth-order valence-electron chi connectivity index (χ4n) is 13.5. The molecule has 7 N–H and O–H groups in total. The zero-order chi connectivity index (χ0) is 44.7. The minimum atomic E-state index is -1.85. The molecule has 14 nitrogen and oxygen atoms in total. The summed E-state index contributed by atoms with van der Waals surface area (Å²) in [6.45, 7) is 19.1.